The van der Waals surface area contributed by atoms with Gasteiger partial charge in [0.05, 0.1) is 17.6 Å². The number of hydrogen-bond donors (Lipinski definition) is 1. The molecule has 0 bridgehead atoms. The number of nitrogens with one attached hydrogen (secondary N) is 1. The van der Waals surface area contributed by atoms with Crippen molar-refractivity contribution in [3.8, 4) is 0 Å². The minimum atomic E-state index is -0.875. The summed E-state index contributed by atoms with van der Waals surface area (Å²) in [5.41, 5.74) is 0.251. The van der Waals surface area contributed by atoms with Crippen LogP contribution in [0.4, 0.5) is 11.6 Å². The predicted octanol–water partition coefficient (Wildman–Crippen LogP) is 2.67. The van der Waals surface area contributed by atoms with Gasteiger partial charge >= 0.3 is 5.97 Å². The van der Waals surface area contributed by atoms with Gasteiger partial charge in [0.15, 0.2) is 5.78 Å². The number of aromatic nitrogens is 4. The fourth-order valence-electron chi connectivity index (χ4n) is 3.26. The molecule has 1 aliphatic rings. The normalized spacial score (nSPS) is 15.1. The second-order valence-electron chi connectivity index (χ2n) is 6.44. The van der Waals surface area contributed by atoms with Gasteiger partial charge in [0, 0.05) is 22.2 Å². The minimum absolute atomic E-state index is 0.00512. The third-order valence-electron chi connectivity index (χ3n) is 4.66. The highest BCUT2D eigenvalue weighted by molar-refractivity contribution is 9.10. The number of nitro groups is 1. The highest BCUT2D eigenvalue weighted by Crippen LogP contribution is 2.37. The number of non-ortho nitro benzene ring substituents is 1. The first-order valence-electron chi connectivity index (χ1n) is 8.82. The van der Waals surface area contributed by atoms with Gasteiger partial charge in [0.1, 0.15) is 11.7 Å². The number of ketones is 1. The molecule has 3 aromatic rings. The Hall–Kier alpha value is -3.93. The summed E-state index contributed by atoms with van der Waals surface area (Å²) >= 11 is 3.37. The third kappa shape index (κ3) is 3.68. The lowest BCUT2D eigenvalue weighted by molar-refractivity contribution is -0.384. The molecule has 0 fully saturated rings. The minimum Gasteiger partial charge on any atom is -0.464 e. The second kappa shape index (κ2) is 8.07. The molecule has 12 heteroatoms. The number of carbonyl (C=O) groups excluding carboxylic acids is 2. The molecule has 0 radical (unpaired) electrons. The molecule has 2 aromatic carbocycles. The first kappa shape index (κ1) is 20.3. The average molecular weight is 485 g/mol. The number of ether oxygens (including phenoxy) is 1. The SMILES string of the molecule is COC(=O)C1=C(C(=O)c2cccc([N+](=O)[O-])c2)[C@@H](c2ccc(Br)cc2)n2nnnc2N1. The molecule has 31 heavy (non-hydrogen) atoms. The molecule has 0 spiro atoms. The van der Waals surface area contributed by atoms with Crippen molar-refractivity contribution >= 4 is 39.3 Å². The summed E-state index contributed by atoms with van der Waals surface area (Å²) in [7, 11) is 1.18. The number of allylic oxidation sites excluding steroid dienone is 1. The molecule has 0 amide bonds. The Morgan fingerprint density at radius 2 is 1.97 bits per heavy atom. The van der Waals surface area contributed by atoms with Crippen LogP contribution in [0.1, 0.15) is 22.0 Å². The van der Waals surface area contributed by atoms with Crippen LogP contribution in [0.15, 0.2) is 64.3 Å². The molecule has 1 atom stereocenters. The Morgan fingerprint density at radius 1 is 1.23 bits per heavy atom. The summed E-state index contributed by atoms with van der Waals surface area (Å²) in [5, 5.41) is 25.4. The maximum Gasteiger partial charge on any atom is 0.355 e. The molecule has 11 nitrogen and oxygen atoms in total. The molecular formula is C19H13BrN6O5. The molecular weight excluding hydrogens is 472 g/mol. The van der Waals surface area contributed by atoms with Gasteiger partial charge in [-0.25, -0.2) is 4.79 Å². The van der Waals surface area contributed by atoms with Crippen LogP contribution in [0.25, 0.3) is 0 Å². The highest BCUT2D eigenvalue weighted by atomic mass is 79.9. The number of anilines is 1. The van der Waals surface area contributed by atoms with Gasteiger partial charge in [0.25, 0.3) is 5.69 Å². The van der Waals surface area contributed by atoms with Crippen molar-refractivity contribution < 1.29 is 19.2 Å². The molecule has 156 valence electrons. The number of fused-ring (bicyclic) bond motifs is 1. The van der Waals surface area contributed by atoms with Crippen LogP contribution in [-0.2, 0) is 9.53 Å². The number of methoxy groups -OCH3 is 1. The number of nitro benzene ring substituents is 1. The number of benzene rings is 2. The number of hydrogen-bond acceptors (Lipinski definition) is 9. The van der Waals surface area contributed by atoms with Crippen LogP contribution < -0.4 is 5.32 Å². The zero-order chi connectivity index (χ0) is 22.1. The maximum absolute atomic E-state index is 13.6. The van der Waals surface area contributed by atoms with E-state index in [1.807, 2.05) is 0 Å². The van der Waals surface area contributed by atoms with Crippen molar-refractivity contribution in [3.05, 3.63) is 85.5 Å². The highest BCUT2D eigenvalue weighted by Gasteiger charge is 2.38. The van der Waals surface area contributed by atoms with E-state index in [2.05, 4.69) is 36.8 Å². The first-order chi connectivity index (χ1) is 14.9. The largest absolute Gasteiger partial charge is 0.464 e. The van der Waals surface area contributed by atoms with Crippen LogP contribution >= 0.6 is 15.9 Å². The number of esters is 1. The Labute approximate surface area is 183 Å². The van der Waals surface area contributed by atoms with Crippen molar-refractivity contribution in [1.29, 1.82) is 0 Å². The van der Waals surface area contributed by atoms with Crippen molar-refractivity contribution in [2.45, 2.75) is 6.04 Å². The summed E-state index contributed by atoms with van der Waals surface area (Å²) < 4.78 is 7.03. The van der Waals surface area contributed by atoms with Crippen LogP contribution in [0.5, 0.6) is 0 Å². The molecule has 0 saturated carbocycles. The smallest absolute Gasteiger partial charge is 0.355 e. The quantitative estimate of drug-likeness (QED) is 0.250. The van der Waals surface area contributed by atoms with E-state index in [1.165, 1.54) is 30.0 Å². The molecule has 0 unspecified atom stereocenters. The van der Waals surface area contributed by atoms with Gasteiger partial charge in [-0.1, -0.05) is 45.3 Å². The number of rotatable bonds is 5. The Morgan fingerprint density at radius 3 is 2.65 bits per heavy atom. The number of carbonyl (C=O) groups is 2. The van der Waals surface area contributed by atoms with Crippen LogP contribution in [0.3, 0.4) is 0 Å². The van der Waals surface area contributed by atoms with Crippen molar-refractivity contribution in [1.82, 2.24) is 20.2 Å². The summed E-state index contributed by atoms with van der Waals surface area (Å²) in [5.74, 6) is -1.26. The van der Waals surface area contributed by atoms with E-state index < -0.39 is 22.7 Å². The summed E-state index contributed by atoms with van der Waals surface area (Å²) in [6.07, 6.45) is 0. The molecule has 0 saturated heterocycles. The number of nitrogens with zero attached hydrogens (tertiary/aromatic N) is 5. The number of Topliss-reactive ketones (excluding diaryl/α,β-unsaturated/α-hetero) is 1. The van der Waals surface area contributed by atoms with Gasteiger partial charge in [-0.3, -0.25) is 14.9 Å². The third-order valence-corrected chi connectivity index (χ3v) is 5.18. The lowest BCUT2D eigenvalue weighted by Gasteiger charge is -2.28. The zero-order valence-corrected chi connectivity index (χ0v) is 17.4. The van der Waals surface area contributed by atoms with E-state index in [9.17, 15) is 19.7 Å². The van der Waals surface area contributed by atoms with Crippen LogP contribution in [0, 0.1) is 10.1 Å². The number of tetrazole rings is 1. The summed E-state index contributed by atoms with van der Waals surface area (Å²) in [6, 6.07) is 11.4. The van der Waals surface area contributed by atoms with E-state index >= 15 is 0 Å². The van der Waals surface area contributed by atoms with Crippen LogP contribution in [-0.4, -0.2) is 44.0 Å². The van der Waals surface area contributed by atoms with Crippen molar-refractivity contribution in [2.24, 2.45) is 0 Å². The fourth-order valence-corrected chi connectivity index (χ4v) is 3.52. The van der Waals surface area contributed by atoms with Gasteiger partial charge < -0.3 is 10.1 Å². The Kier molecular flexibility index (Phi) is 5.29. The Balaban J connectivity index is 1.94. The Bertz CT molecular complexity index is 1240. The van der Waals surface area contributed by atoms with Gasteiger partial charge in [0.2, 0.25) is 5.95 Å². The van der Waals surface area contributed by atoms with E-state index in [0.29, 0.717) is 5.56 Å². The standard InChI is InChI=1S/C19H13BrN6O5/c1-31-18(28)15-14(17(27)11-3-2-4-13(9-11)26(29)30)16(10-5-7-12(20)8-6-10)25-19(21-15)22-23-24-25/h2-9,16H,1H3,(H,21,22,24)/t16-/m1/s1. The van der Waals surface area contributed by atoms with Gasteiger partial charge in [-0.15, -0.1) is 0 Å². The van der Waals surface area contributed by atoms with Crippen molar-refractivity contribution in [2.75, 3.05) is 12.4 Å². The molecule has 4 rings (SSSR count). The fraction of sp³-hybridized carbons (Fsp3) is 0.105. The monoisotopic (exact) mass is 484 g/mol. The molecule has 1 aliphatic heterocycles. The lowest BCUT2D eigenvalue weighted by Crippen LogP contribution is -2.33. The van der Waals surface area contributed by atoms with E-state index in [4.69, 9.17) is 4.74 Å². The average Bonchev–Trinajstić information content (AvgIpc) is 3.26. The van der Waals surface area contributed by atoms with Crippen LogP contribution in [0.2, 0.25) is 0 Å². The van der Waals surface area contributed by atoms with Crippen molar-refractivity contribution in [3.63, 3.8) is 0 Å². The summed E-state index contributed by atoms with van der Waals surface area (Å²) in [4.78, 5) is 36.7. The van der Waals surface area contributed by atoms with Gasteiger partial charge in [-0.05, 0) is 28.1 Å². The predicted molar refractivity (Wildman–Crippen MR) is 110 cm³/mol. The maximum atomic E-state index is 13.6. The number of halogens is 1. The van der Waals surface area contributed by atoms with E-state index in [0.717, 1.165) is 10.5 Å². The topological polar surface area (TPSA) is 142 Å². The molecule has 1 N–H and O–H groups in total. The second-order valence-corrected chi connectivity index (χ2v) is 7.36. The molecule has 1 aromatic heterocycles. The zero-order valence-electron chi connectivity index (χ0n) is 15.9. The lowest BCUT2D eigenvalue weighted by atomic mass is 9.89. The van der Waals surface area contributed by atoms with E-state index in [-0.39, 0.29) is 28.5 Å². The van der Waals surface area contributed by atoms with E-state index in [1.54, 1.807) is 24.3 Å². The molecule has 2 heterocycles. The summed E-state index contributed by atoms with van der Waals surface area (Å²) in [6.45, 7) is 0. The van der Waals surface area contributed by atoms with Gasteiger partial charge in [-0.2, -0.15) is 4.68 Å². The first-order valence-corrected chi connectivity index (χ1v) is 9.62. The molecule has 0 aliphatic carbocycles.